The fraction of sp³-hybridized carbons (Fsp3) is 0.118. The molecular weight excluding hydrogens is 300 g/mol. The van der Waals surface area contributed by atoms with E-state index in [9.17, 15) is 9.59 Å². The molecule has 2 aromatic carbocycles. The lowest BCUT2D eigenvalue weighted by molar-refractivity contribution is 0.0932. The number of carbonyl (C=O) groups excluding carboxylic acids is 1. The van der Waals surface area contributed by atoms with E-state index < -0.39 is 6.04 Å². The zero-order valence-electron chi connectivity index (χ0n) is 11.9. The molecule has 0 aliphatic carbocycles. The Kier molecular flexibility index (Phi) is 3.77. The molecule has 4 nitrogen and oxygen atoms in total. The number of aromatic nitrogens is 2. The SMILES string of the molecule is CC(C(=O)c1ccc(Cl)cc1)n1cnc2ccccc2c1=O. The molecule has 1 atom stereocenters. The predicted octanol–water partition coefficient (Wildman–Crippen LogP) is 3.49. The lowest BCUT2D eigenvalue weighted by Crippen LogP contribution is -2.28. The number of carbonyl (C=O) groups is 1. The van der Waals surface area contributed by atoms with Crippen LogP contribution in [0.15, 0.2) is 59.7 Å². The number of hydrogen-bond acceptors (Lipinski definition) is 3. The third-order valence-corrected chi connectivity index (χ3v) is 3.87. The summed E-state index contributed by atoms with van der Waals surface area (Å²) in [6.07, 6.45) is 1.42. The van der Waals surface area contributed by atoms with Crippen molar-refractivity contribution in [1.29, 1.82) is 0 Å². The van der Waals surface area contributed by atoms with Crippen molar-refractivity contribution in [3.63, 3.8) is 0 Å². The Morgan fingerprint density at radius 1 is 1.14 bits per heavy atom. The molecule has 0 fully saturated rings. The van der Waals surface area contributed by atoms with E-state index in [1.54, 1.807) is 49.4 Å². The summed E-state index contributed by atoms with van der Waals surface area (Å²) in [4.78, 5) is 29.3. The number of rotatable bonds is 3. The van der Waals surface area contributed by atoms with Crippen molar-refractivity contribution in [1.82, 2.24) is 9.55 Å². The lowest BCUT2D eigenvalue weighted by Gasteiger charge is -2.14. The Balaban J connectivity index is 2.03. The molecule has 0 spiro atoms. The van der Waals surface area contributed by atoms with Crippen molar-refractivity contribution in [2.24, 2.45) is 0 Å². The van der Waals surface area contributed by atoms with Crippen LogP contribution in [0, 0.1) is 0 Å². The van der Waals surface area contributed by atoms with Crippen LogP contribution in [0.3, 0.4) is 0 Å². The molecule has 0 radical (unpaired) electrons. The average molecular weight is 313 g/mol. The summed E-state index contributed by atoms with van der Waals surface area (Å²) >= 11 is 5.83. The van der Waals surface area contributed by atoms with Gasteiger partial charge >= 0.3 is 0 Å². The maximum atomic E-state index is 12.5. The number of halogens is 1. The molecule has 1 heterocycles. The smallest absolute Gasteiger partial charge is 0.261 e. The maximum Gasteiger partial charge on any atom is 0.261 e. The molecule has 0 N–H and O–H groups in total. The van der Waals surface area contributed by atoms with E-state index in [-0.39, 0.29) is 11.3 Å². The lowest BCUT2D eigenvalue weighted by atomic mass is 10.1. The molecule has 0 bridgehead atoms. The number of ketones is 1. The molecule has 0 saturated carbocycles. The number of benzene rings is 2. The van der Waals surface area contributed by atoms with Crippen LogP contribution in [0.2, 0.25) is 5.02 Å². The first-order valence-corrected chi connectivity index (χ1v) is 7.21. The Morgan fingerprint density at radius 3 is 2.55 bits per heavy atom. The minimum Gasteiger partial charge on any atom is -0.292 e. The quantitative estimate of drug-likeness (QED) is 0.696. The van der Waals surface area contributed by atoms with Gasteiger partial charge in [0.15, 0.2) is 5.78 Å². The van der Waals surface area contributed by atoms with Crippen molar-refractivity contribution >= 4 is 28.3 Å². The Hall–Kier alpha value is -2.46. The first-order valence-electron chi connectivity index (χ1n) is 6.83. The van der Waals surface area contributed by atoms with Gasteiger partial charge in [-0.2, -0.15) is 0 Å². The van der Waals surface area contributed by atoms with Gasteiger partial charge in [-0.3, -0.25) is 14.2 Å². The van der Waals surface area contributed by atoms with E-state index in [1.165, 1.54) is 10.9 Å². The van der Waals surface area contributed by atoms with Crippen molar-refractivity contribution in [2.75, 3.05) is 0 Å². The number of para-hydroxylation sites is 1. The summed E-state index contributed by atoms with van der Waals surface area (Å²) in [5, 5.41) is 1.06. The Morgan fingerprint density at radius 2 is 1.82 bits per heavy atom. The summed E-state index contributed by atoms with van der Waals surface area (Å²) < 4.78 is 1.36. The van der Waals surface area contributed by atoms with E-state index in [0.717, 1.165) is 0 Å². The minimum absolute atomic E-state index is 0.157. The van der Waals surface area contributed by atoms with Crippen LogP contribution in [0.5, 0.6) is 0 Å². The fourth-order valence-corrected chi connectivity index (χ4v) is 2.47. The Labute approximate surface area is 132 Å². The maximum absolute atomic E-state index is 12.5. The molecule has 1 aromatic heterocycles. The molecule has 3 aromatic rings. The van der Waals surface area contributed by atoms with Gasteiger partial charge in [-0.05, 0) is 43.3 Å². The van der Waals surface area contributed by atoms with E-state index in [1.807, 2.05) is 6.07 Å². The van der Waals surface area contributed by atoms with Crippen molar-refractivity contribution < 1.29 is 4.79 Å². The van der Waals surface area contributed by atoms with Gasteiger partial charge in [0.2, 0.25) is 0 Å². The summed E-state index contributed by atoms with van der Waals surface area (Å²) in [5.41, 5.74) is 0.910. The standard InChI is InChI=1S/C17H13ClN2O2/c1-11(16(21)12-6-8-13(18)9-7-12)20-10-19-15-5-3-2-4-14(15)17(20)22/h2-11H,1H3. The molecule has 0 amide bonds. The Bertz CT molecular complexity index is 900. The molecule has 0 aliphatic rings. The highest BCUT2D eigenvalue weighted by atomic mass is 35.5. The normalized spacial score (nSPS) is 12.3. The minimum atomic E-state index is -0.634. The molecular formula is C17H13ClN2O2. The van der Waals surface area contributed by atoms with Crippen LogP contribution in [-0.2, 0) is 0 Å². The van der Waals surface area contributed by atoms with Crippen molar-refractivity contribution in [3.8, 4) is 0 Å². The second-order valence-electron chi connectivity index (χ2n) is 5.02. The van der Waals surface area contributed by atoms with Gasteiger partial charge in [-0.15, -0.1) is 0 Å². The van der Waals surface area contributed by atoms with Gasteiger partial charge in [-0.1, -0.05) is 23.7 Å². The van der Waals surface area contributed by atoms with Crippen LogP contribution < -0.4 is 5.56 Å². The zero-order chi connectivity index (χ0) is 15.7. The van der Waals surface area contributed by atoms with E-state index in [4.69, 9.17) is 11.6 Å². The predicted molar refractivity (Wildman–Crippen MR) is 86.5 cm³/mol. The average Bonchev–Trinajstić information content (AvgIpc) is 2.55. The molecule has 0 saturated heterocycles. The summed E-state index contributed by atoms with van der Waals surface area (Å²) in [7, 11) is 0. The van der Waals surface area contributed by atoms with E-state index in [2.05, 4.69) is 4.98 Å². The van der Waals surface area contributed by atoms with Gasteiger partial charge in [0.05, 0.1) is 23.3 Å². The second kappa shape index (κ2) is 5.73. The zero-order valence-corrected chi connectivity index (χ0v) is 12.6. The summed E-state index contributed by atoms with van der Waals surface area (Å²) in [5.74, 6) is -0.157. The molecule has 22 heavy (non-hydrogen) atoms. The van der Waals surface area contributed by atoms with E-state index >= 15 is 0 Å². The third kappa shape index (κ3) is 2.53. The highest BCUT2D eigenvalue weighted by Crippen LogP contribution is 2.16. The largest absolute Gasteiger partial charge is 0.292 e. The highest BCUT2D eigenvalue weighted by molar-refractivity contribution is 6.30. The number of nitrogens with zero attached hydrogens (tertiary/aromatic N) is 2. The highest BCUT2D eigenvalue weighted by Gasteiger charge is 2.19. The molecule has 110 valence electrons. The van der Waals surface area contributed by atoms with E-state index in [0.29, 0.717) is 21.5 Å². The van der Waals surface area contributed by atoms with Crippen molar-refractivity contribution in [2.45, 2.75) is 13.0 Å². The summed E-state index contributed by atoms with van der Waals surface area (Å²) in [6.45, 7) is 1.69. The van der Waals surface area contributed by atoms with Crippen LogP contribution in [0.25, 0.3) is 10.9 Å². The molecule has 0 aliphatic heterocycles. The number of fused-ring (bicyclic) bond motifs is 1. The van der Waals surface area contributed by atoms with Crippen molar-refractivity contribution in [3.05, 3.63) is 75.8 Å². The molecule has 3 rings (SSSR count). The van der Waals surface area contributed by atoms with Crippen LogP contribution in [0.4, 0.5) is 0 Å². The number of hydrogen-bond donors (Lipinski definition) is 0. The molecule has 1 unspecified atom stereocenters. The first kappa shape index (κ1) is 14.5. The van der Waals surface area contributed by atoms with Gasteiger partial charge < -0.3 is 0 Å². The third-order valence-electron chi connectivity index (χ3n) is 3.62. The van der Waals surface area contributed by atoms with Gasteiger partial charge in [0.25, 0.3) is 5.56 Å². The van der Waals surface area contributed by atoms with Gasteiger partial charge in [0.1, 0.15) is 0 Å². The first-order chi connectivity index (χ1) is 10.6. The summed E-state index contributed by atoms with van der Waals surface area (Å²) in [6, 6.07) is 13.1. The van der Waals surface area contributed by atoms with Gasteiger partial charge in [-0.25, -0.2) is 4.98 Å². The van der Waals surface area contributed by atoms with Gasteiger partial charge in [0, 0.05) is 10.6 Å². The fourth-order valence-electron chi connectivity index (χ4n) is 2.34. The van der Waals surface area contributed by atoms with Crippen LogP contribution in [0.1, 0.15) is 23.3 Å². The van der Waals surface area contributed by atoms with Crippen LogP contribution in [-0.4, -0.2) is 15.3 Å². The molecule has 5 heteroatoms. The second-order valence-corrected chi connectivity index (χ2v) is 5.46. The monoisotopic (exact) mass is 312 g/mol. The topological polar surface area (TPSA) is 52.0 Å². The number of Topliss-reactive ketones (excluding diaryl/α,β-unsaturated/α-hetero) is 1. The van der Waals surface area contributed by atoms with Crippen LogP contribution >= 0.6 is 11.6 Å².